The summed E-state index contributed by atoms with van der Waals surface area (Å²) in [4.78, 5) is 12.5. The van der Waals surface area contributed by atoms with E-state index in [0.717, 1.165) is 11.4 Å². The van der Waals surface area contributed by atoms with Crippen LogP contribution in [0.1, 0.15) is 28.7 Å². The van der Waals surface area contributed by atoms with Gasteiger partial charge < -0.3 is 15.8 Å². The van der Waals surface area contributed by atoms with E-state index in [1.54, 1.807) is 22.9 Å². The Kier molecular flexibility index (Phi) is 4.16. The number of carbonyl (C=O) groups excluding carboxylic acids is 1. The molecule has 0 aliphatic rings. The van der Waals surface area contributed by atoms with Crippen LogP contribution in [0.3, 0.4) is 0 Å². The first kappa shape index (κ1) is 14.9. The number of hydrogen-bond donors (Lipinski definition) is 2. The second-order valence-electron chi connectivity index (χ2n) is 4.78. The van der Waals surface area contributed by atoms with Gasteiger partial charge in [-0.05, 0) is 32.9 Å². The number of hydrogen-bond acceptors (Lipinski definition) is 4. The summed E-state index contributed by atoms with van der Waals surface area (Å²) >= 11 is 0. The van der Waals surface area contributed by atoms with E-state index in [4.69, 9.17) is 10.5 Å². The molecule has 0 atom stereocenters. The molecule has 0 aliphatic heterocycles. The van der Waals surface area contributed by atoms with Crippen LogP contribution < -0.4 is 15.8 Å². The minimum absolute atomic E-state index is 0.259. The summed E-state index contributed by atoms with van der Waals surface area (Å²) in [7, 11) is 1.84. The first-order valence-corrected chi connectivity index (χ1v) is 6.78. The Bertz CT molecular complexity index is 677. The smallest absolute Gasteiger partial charge is 0.259 e. The average molecular weight is 288 g/mol. The molecule has 0 fully saturated rings. The third-order valence-corrected chi connectivity index (χ3v) is 3.33. The largest absolute Gasteiger partial charge is 0.491 e. The molecular formula is C15H20N4O2. The van der Waals surface area contributed by atoms with Gasteiger partial charge in [0.2, 0.25) is 0 Å². The lowest BCUT2D eigenvalue weighted by Gasteiger charge is -2.12. The molecule has 0 saturated carbocycles. The van der Waals surface area contributed by atoms with Crippen LogP contribution >= 0.6 is 0 Å². The summed E-state index contributed by atoms with van der Waals surface area (Å²) in [5.41, 5.74) is 9.12. The van der Waals surface area contributed by atoms with E-state index in [9.17, 15) is 4.79 Å². The summed E-state index contributed by atoms with van der Waals surface area (Å²) in [6, 6.07) is 5.13. The Morgan fingerprint density at radius 3 is 2.71 bits per heavy atom. The molecule has 1 amide bonds. The van der Waals surface area contributed by atoms with Gasteiger partial charge in [-0.25, -0.2) is 0 Å². The molecule has 0 bridgehead atoms. The molecule has 21 heavy (non-hydrogen) atoms. The summed E-state index contributed by atoms with van der Waals surface area (Å²) in [5.74, 6) is 0.154. The number of aryl methyl sites for hydroxylation is 2. The molecule has 6 heteroatoms. The van der Waals surface area contributed by atoms with E-state index in [1.165, 1.54) is 0 Å². The fourth-order valence-corrected chi connectivity index (χ4v) is 2.17. The monoisotopic (exact) mass is 288 g/mol. The van der Waals surface area contributed by atoms with Crippen LogP contribution in [0.15, 0.2) is 18.2 Å². The van der Waals surface area contributed by atoms with Crippen LogP contribution in [0, 0.1) is 13.8 Å². The third kappa shape index (κ3) is 2.84. The molecule has 1 aromatic carbocycles. The van der Waals surface area contributed by atoms with Crippen molar-refractivity contribution in [2.45, 2.75) is 20.8 Å². The number of aromatic nitrogens is 2. The van der Waals surface area contributed by atoms with Crippen molar-refractivity contribution in [3.63, 3.8) is 0 Å². The minimum atomic E-state index is -0.259. The highest BCUT2D eigenvalue weighted by atomic mass is 16.5. The van der Waals surface area contributed by atoms with Crippen molar-refractivity contribution < 1.29 is 9.53 Å². The topological polar surface area (TPSA) is 82.2 Å². The van der Waals surface area contributed by atoms with Crippen LogP contribution in [-0.2, 0) is 7.05 Å². The summed E-state index contributed by atoms with van der Waals surface area (Å²) < 4.78 is 7.22. The van der Waals surface area contributed by atoms with Gasteiger partial charge in [-0.2, -0.15) is 5.10 Å². The number of amides is 1. The maximum Gasteiger partial charge on any atom is 0.259 e. The van der Waals surface area contributed by atoms with Gasteiger partial charge in [0, 0.05) is 7.05 Å². The molecule has 2 aromatic rings. The molecule has 0 aliphatic carbocycles. The number of nitrogens with zero attached hydrogens (tertiary/aromatic N) is 2. The van der Waals surface area contributed by atoms with Crippen LogP contribution in [0.25, 0.3) is 0 Å². The van der Waals surface area contributed by atoms with E-state index in [0.29, 0.717) is 29.3 Å². The lowest BCUT2D eigenvalue weighted by Crippen LogP contribution is -2.15. The van der Waals surface area contributed by atoms with Crippen molar-refractivity contribution in [2.24, 2.45) is 7.05 Å². The van der Waals surface area contributed by atoms with Crippen LogP contribution in [-0.4, -0.2) is 22.3 Å². The van der Waals surface area contributed by atoms with Crippen LogP contribution in [0.4, 0.5) is 11.4 Å². The second kappa shape index (κ2) is 5.87. The number of nitrogens with two attached hydrogens (primary N) is 1. The molecule has 0 unspecified atom stereocenters. The predicted molar refractivity (Wildman–Crippen MR) is 82.7 cm³/mol. The standard InChI is InChI=1S/C15H20N4O2/c1-5-21-14-11(7-6-8-12(14)16)15(20)17-13-9(2)18-19(4)10(13)3/h6-8H,5,16H2,1-4H3,(H,17,20). The van der Waals surface area contributed by atoms with Crippen molar-refractivity contribution in [3.05, 3.63) is 35.2 Å². The van der Waals surface area contributed by atoms with Crippen molar-refractivity contribution in [1.29, 1.82) is 0 Å². The molecule has 0 spiro atoms. The zero-order valence-electron chi connectivity index (χ0n) is 12.7. The number of anilines is 2. The Hall–Kier alpha value is -2.50. The van der Waals surface area contributed by atoms with Gasteiger partial charge in [-0.15, -0.1) is 0 Å². The molecule has 0 radical (unpaired) electrons. The number of para-hydroxylation sites is 1. The number of carbonyl (C=O) groups is 1. The highest BCUT2D eigenvalue weighted by Gasteiger charge is 2.18. The number of nitrogens with one attached hydrogen (secondary N) is 1. The van der Waals surface area contributed by atoms with Crippen molar-refractivity contribution in [1.82, 2.24) is 9.78 Å². The van der Waals surface area contributed by atoms with Gasteiger partial charge in [0.25, 0.3) is 5.91 Å². The number of rotatable bonds is 4. The Morgan fingerprint density at radius 1 is 1.43 bits per heavy atom. The van der Waals surface area contributed by atoms with Crippen molar-refractivity contribution in [2.75, 3.05) is 17.7 Å². The van der Waals surface area contributed by atoms with Gasteiger partial charge in [-0.3, -0.25) is 9.48 Å². The molecular weight excluding hydrogens is 268 g/mol. The lowest BCUT2D eigenvalue weighted by atomic mass is 10.1. The maximum absolute atomic E-state index is 12.5. The molecule has 0 saturated heterocycles. The fourth-order valence-electron chi connectivity index (χ4n) is 2.17. The zero-order valence-corrected chi connectivity index (χ0v) is 12.7. The average Bonchev–Trinajstić information content (AvgIpc) is 2.67. The summed E-state index contributed by atoms with van der Waals surface area (Å²) in [5, 5.41) is 7.16. The second-order valence-corrected chi connectivity index (χ2v) is 4.78. The normalized spacial score (nSPS) is 10.5. The molecule has 112 valence electrons. The van der Waals surface area contributed by atoms with Gasteiger partial charge in [-0.1, -0.05) is 6.07 Å². The number of nitrogen functional groups attached to an aromatic ring is 1. The van der Waals surface area contributed by atoms with Crippen LogP contribution in [0.2, 0.25) is 0 Å². The molecule has 1 heterocycles. The van der Waals surface area contributed by atoms with E-state index in [2.05, 4.69) is 10.4 Å². The molecule has 2 rings (SSSR count). The first-order valence-electron chi connectivity index (χ1n) is 6.78. The van der Waals surface area contributed by atoms with E-state index in [1.807, 2.05) is 27.8 Å². The highest BCUT2D eigenvalue weighted by Crippen LogP contribution is 2.28. The fraction of sp³-hybridized carbons (Fsp3) is 0.333. The Morgan fingerprint density at radius 2 is 2.14 bits per heavy atom. The minimum Gasteiger partial charge on any atom is -0.491 e. The Labute approximate surface area is 123 Å². The molecule has 6 nitrogen and oxygen atoms in total. The van der Waals surface area contributed by atoms with E-state index in [-0.39, 0.29) is 5.91 Å². The van der Waals surface area contributed by atoms with Crippen molar-refractivity contribution >= 4 is 17.3 Å². The number of ether oxygens (including phenoxy) is 1. The lowest BCUT2D eigenvalue weighted by molar-refractivity contribution is 0.102. The summed E-state index contributed by atoms with van der Waals surface area (Å²) in [6.07, 6.45) is 0. The maximum atomic E-state index is 12.5. The zero-order chi connectivity index (χ0) is 15.6. The van der Waals surface area contributed by atoms with Gasteiger partial charge in [0.05, 0.1) is 34.9 Å². The third-order valence-electron chi connectivity index (χ3n) is 3.33. The Balaban J connectivity index is 2.35. The van der Waals surface area contributed by atoms with Gasteiger partial charge in [0.15, 0.2) is 5.75 Å². The molecule has 3 N–H and O–H groups in total. The summed E-state index contributed by atoms with van der Waals surface area (Å²) in [6.45, 7) is 6.05. The predicted octanol–water partition coefficient (Wildman–Crippen LogP) is 2.27. The first-order chi connectivity index (χ1) is 9.95. The number of benzene rings is 1. The van der Waals surface area contributed by atoms with Crippen LogP contribution in [0.5, 0.6) is 5.75 Å². The van der Waals surface area contributed by atoms with E-state index < -0.39 is 0 Å². The van der Waals surface area contributed by atoms with Gasteiger partial charge in [0.1, 0.15) is 0 Å². The van der Waals surface area contributed by atoms with Gasteiger partial charge >= 0.3 is 0 Å². The molecule has 1 aromatic heterocycles. The highest BCUT2D eigenvalue weighted by molar-refractivity contribution is 6.07. The SMILES string of the molecule is CCOc1c(N)cccc1C(=O)Nc1c(C)nn(C)c1C. The quantitative estimate of drug-likeness (QED) is 0.845. The van der Waals surface area contributed by atoms with E-state index >= 15 is 0 Å². The van der Waals surface area contributed by atoms with Crippen molar-refractivity contribution in [3.8, 4) is 5.75 Å².